The standard InChI is InChI=1S/C13H16N2O4/c1-15(10-5-6-10)13(18)14-9-3-2-4-11(7-9)19-8-12(16)17/h2-4,7,10H,5-6,8H2,1H3,(H,14,18)(H,16,17). The Balaban J connectivity index is 1.94. The zero-order valence-corrected chi connectivity index (χ0v) is 10.6. The number of carboxylic acids is 1. The molecule has 2 rings (SSSR count). The van der Waals surface area contributed by atoms with Crippen LogP contribution in [-0.2, 0) is 4.79 Å². The fourth-order valence-electron chi connectivity index (χ4n) is 1.65. The van der Waals surface area contributed by atoms with Gasteiger partial charge in [0.25, 0.3) is 0 Å². The van der Waals surface area contributed by atoms with E-state index in [1.807, 2.05) is 0 Å². The van der Waals surface area contributed by atoms with Gasteiger partial charge in [0.05, 0.1) is 0 Å². The minimum absolute atomic E-state index is 0.169. The zero-order chi connectivity index (χ0) is 13.8. The van der Waals surface area contributed by atoms with E-state index in [9.17, 15) is 9.59 Å². The van der Waals surface area contributed by atoms with E-state index >= 15 is 0 Å². The number of rotatable bonds is 5. The van der Waals surface area contributed by atoms with Gasteiger partial charge >= 0.3 is 12.0 Å². The normalized spacial score (nSPS) is 13.7. The fourth-order valence-corrected chi connectivity index (χ4v) is 1.65. The van der Waals surface area contributed by atoms with Crippen LogP contribution in [-0.4, -0.2) is 41.7 Å². The Labute approximate surface area is 111 Å². The summed E-state index contributed by atoms with van der Waals surface area (Å²) in [6.07, 6.45) is 2.09. The average molecular weight is 264 g/mol. The molecule has 6 nitrogen and oxygen atoms in total. The highest BCUT2D eigenvalue weighted by Crippen LogP contribution is 2.26. The molecule has 1 aliphatic carbocycles. The van der Waals surface area contributed by atoms with Crippen LogP contribution in [0.4, 0.5) is 10.5 Å². The first-order valence-electron chi connectivity index (χ1n) is 6.05. The van der Waals surface area contributed by atoms with Crippen molar-refractivity contribution in [3.8, 4) is 5.75 Å². The van der Waals surface area contributed by atoms with Gasteiger partial charge in [-0.15, -0.1) is 0 Å². The van der Waals surface area contributed by atoms with Gasteiger partial charge in [0.1, 0.15) is 5.75 Å². The van der Waals surface area contributed by atoms with Crippen molar-refractivity contribution in [2.45, 2.75) is 18.9 Å². The number of nitrogens with one attached hydrogen (secondary N) is 1. The Kier molecular flexibility index (Phi) is 3.89. The predicted octanol–water partition coefficient (Wildman–Crippen LogP) is 1.78. The molecule has 1 saturated carbocycles. The van der Waals surface area contributed by atoms with Gasteiger partial charge in [-0.3, -0.25) is 0 Å². The summed E-state index contributed by atoms with van der Waals surface area (Å²) in [5.74, 6) is -0.628. The molecule has 0 heterocycles. The van der Waals surface area contributed by atoms with Crippen molar-refractivity contribution in [3.63, 3.8) is 0 Å². The maximum Gasteiger partial charge on any atom is 0.341 e. The highest BCUT2D eigenvalue weighted by Gasteiger charge is 2.29. The second-order valence-electron chi connectivity index (χ2n) is 4.48. The van der Waals surface area contributed by atoms with E-state index in [-0.39, 0.29) is 6.03 Å². The third kappa shape index (κ3) is 3.87. The van der Waals surface area contributed by atoms with E-state index in [1.54, 1.807) is 36.2 Å². The van der Waals surface area contributed by atoms with Gasteiger partial charge < -0.3 is 20.1 Å². The summed E-state index contributed by atoms with van der Waals surface area (Å²) in [5.41, 5.74) is 0.584. The van der Waals surface area contributed by atoms with Crippen LogP contribution in [0.5, 0.6) is 5.75 Å². The molecule has 0 spiro atoms. The van der Waals surface area contributed by atoms with E-state index in [0.29, 0.717) is 17.5 Å². The number of urea groups is 1. The van der Waals surface area contributed by atoms with Crippen LogP contribution in [0.1, 0.15) is 12.8 Å². The van der Waals surface area contributed by atoms with Crippen molar-refractivity contribution in [2.24, 2.45) is 0 Å². The van der Waals surface area contributed by atoms with Gasteiger partial charge in [0.15, 0.2) is 6.61 Å². The second-order valence-corrected chi connectivity index (χ2v) is 4.48. The molecule has 0 radical (unpaired) electrons. The maximum absolute atomic E-state index is 11.9. The van der Waals surface area contributed by atoms with Crippen LogP contribution in [0, 0.1) is 0 Å². The number of nitrogens with zero attached hydrogens (tertiary/aromatic N) is 1. The summed E-state index contributed by atoms with van der Waals surface area (Å²) in [4.78, 5) is 23.9. The van der Waals surface area contributed by atoms with Crippen LogP contribution in [0.15, 0.2) is 24.3 Å². The first-order valence-corrected chi connectivity index (χ1v) is 6.05. The number of benzene rings is 1. The largest absolute Gasteiger partial charge is 0.482 e. The van der Waals surface area contributed by atoms with Gasteiger partial charge in [-0.05, 0) is 25.0 Å². The van der Waals surface area contributed by atoms with Crippen molar-refractivity contribution in [1.29, 1.82) is 0 Å². The molecule has 1 fully saturated rings. The van der Waals surface area contributed by atoms with Gasteiger partial charge in [-0.2, -0.15) is 0 Å². The number of hydrogen-bond donors (Lipinski definition) is 2. The number of hydrogen-bond acceptors (Lipinski definition) is 3. The minimum Gasteiger partial charge on any atom is -0.482 e. The summed E-state index contributed by atoms with van der Waals surface area (Å²) < 4.78 is 5.05. The van der Waals surface area contributed by atoms with E-state index in [0.717, 1.165) is 12.8 Å². The lowest BCUT2D eigenvalue weighted by atomic mass is 10.3. The van der Waals surface area contributed by atoms with Crippen LogP contribution in [0.25, 0.3) is 0 Å². The van der Waals surface area contributed by atoms with Gasteiger partial charge in [0, 0.05) is 24.8 Å². The number of amides is 2. The highest BCUT2D eigenvalue weighted by molar-refractivity contribution is 5.89. The fraction of sp³-hybridized carbons (Fsp3) is 0.385. The highest BCUT2D eigenvalue weighted by atomic mass is 16.5. The molecule has 6 heteroatoms. The molecule has 0 unspecified atom stereocenters. The Hall–Kier alpha value is -2.24. The Bertz CT molecular complexity index is 485. The zero-order valence-electron chi connectivity index (χ0n) is 10.6. The molecule has 0 saturated heterocycles. The van der Waals surface area contributed by atoms with Crippen molar-refractivity contribution >= 4 is 17.7 Å². The third-order valence-electron chi connectivity index (χ3n) is 2.86. The van der Waals surface area contributed by atoms with Gasteiger partial charge in [-0.25, -0.2) is 9.59 Å². The smallest absolute Gasteiger partial charge is 0.341 e. The van der Waals surface area contributed by atoms with Gasteiger partial charge in [0.2, 0.25) is 0 Å². The van der Waals surface area contributed by atoms with Crippen LogP contribution < -0.4 is 10.1 Å². The summed E-state index contributed by atoms with van der Waals surface area (Å²) in [5, 5.41) is 11.3. The molecule has 1 aromatic carbocycles. The predicted molar refractivity (Wildman–Crippen MR) is 69.4 cm³/mol. The molecule has 0 bridgehead atoms. The summed E-state index contributed by atoms with van der Waals surface area (Å²) in [6.45, 7) is -0.403. The van der Waals surface area contributed by atoms with E-state index in [1.165, 1.54) is 0 Å². The second kappa shape index (κ2) is 5.60. The first kappa shape index (κ1) is 13.2. The molecular weight excluding hydrogens is 248 g/mol. The number of carbonyl (C=O) groups excluding carboxylic acids is 1. The number of aliphatic carboxylic acids is 1. The van der Waals surface area contributed by atoms with Gasteiger partial charge in [-0.1, -0.05) is 6.07 Å². The van der Waals surface area contributed by atoms with E-state index in [4.69, 9.17) is 9.84 Å². The average Bonchev–Trinajstić information content (AvgIpc) is 3.20. The molecule has 0 aromatic heterocycles. The van der Waals surface area contributed by atoms with Crippen molar-refractivity contribution < 1.29 is 19.4 Å². The van der Waals surface area contributed by atoms with Crippen LogP contribution >= 0.6 is 0 Å². The summed E-state index contributed by atoms with van der Waals surface area (Å²) >= 11 is 0. The lowest BCUT2D eigenvalue weighted by molar-refractivity contribution is -0.139. The number of carbonyl (C=O) groups is 2. The molecule has 102 valence electrons. The first-order chi connectivity index (χ1) is 9.06. The Morgan fingerprint density at radius 1 is 1.47 bits per heavy atom. The monoisotopic (exact) mass is 264 g/mol. The summed E-state index contributed by atoms with van der Waals surface area (Å²) in [6, 6.07) is 6.84. The van der Waals surface area contributed by atoms with Crippen molar-refractivity contribution in [3.05, 3.63) is 24.3 Å². The molecule has 2 amide bonds. The van der Waals surface area contributed by atoms with Crippen molar-refractivity contribution in [1.82, 2.24) is 4.90 Å². The van der Waals surface area contributed by atoms with Crippen LogP contribution in [0.3, 0.4) is 0 Å². The molecule has 2 N–H and O–H groups in total. The lowest BCUT2D eigenvalue weighted by Crippen LogP contribution is -2.33. The molecule has 0 aliphatic heterocycles. The topological polar surface area (TPSA) is 78.9 Å². The Morgan fingerprint density at radius 2 is 2.21 bits per heavy atom. The number of anilines is 1. The minimum atomic E-state index is -1.04. The summed E-state index contributed by atoms with van der Waals surface area (Å²) in [7, 11) is 1.76. The van der Waals surface area contributed by atoms with E-state index in [2.05, 4.69) is 5.32 Å². The lowest BCUT2D eigenvalue weighted by Gasteiger charge is -2.17. The van der Waals surface area contributed by atoms with Crippen molar-refractivity contribution in [2.75, 3.05) is 19.0 Å². The third-order valence-corrected chi connectivity index (χ3v) is 2.86. The molecular formula is C13H16N2O4. The molecule has 19 heavy (non-hydrogen) atoms. The molecule has 0 atom stereocenters. The quantitative estimate of drug-likeness (QED) is 0.849. The molecule has 1 aromatic rings. The number of ether oxygens (including phenoxy) is 1. The number of carboxylic acid groups (broad SMARTS) is 1. The molecule has 1 aliphatic rings. The SMILES string of the molecule is CN(C(=O)Nc1cccc(OCC(=O)O)c1)C1CC1. The maximum atomic E-state index is 11.9. The van der Waals surface area contributed by atoms with Crippen LogP contribution in [0.2, 0.25) is 0 Å². The van der Waals surface area contributed by atoms with E-state index < -0.39 is 12.6 Å². The Morgan fingerprint density at radius 3 is 2.84 bits per heavy atom.